The van der Waals surface area contributed by atoms with Crippen molar-refractivity contribution in [2.24, 2.45) is 16.6 Å². The van der Waals surface area contributed by atoms with E-state index in [1.807, 2.05) is 13.8 Å². The third kappa shape index (κ3) is 2.10. The Balaban J connectivity index is 0.00000144. The zero-order valence-corrected chi connectivity index (χ0v) is 8.56. The van der Waals surface area contributed by atoms with E-state index >= 15 is 0 Å². The minimum absolute atomic E-state index is 0. The smallest absolute Gasteiger partial charge is 0.330 e. The van der Waals surface area contributed by atoms with E-state index in [0.717, 1.165) is 0 Å². The first kappa shape index (κ1) is 13.0. The van der Waals surface area contributed by atoms with Gasteiger partial charge in [-0.15, -0.1) is 12.4 Å². The Hall–Kier alpha value is 0.0400. The van der Waals surface area contributed by atoms with E-state index in [-0.39, 0.29) is 37.2 Å². The van der Waals surface area contributed by atoms with Crippen LogP contribution in [0.1, 0.15) is 26.7 Å². The molecule has 1 nitrogen and oxygen atoms in total. The van der Waals surface area contributed by atoms with Crippen molar-refractivity contribution in [3.05, 3.63) is 0 Å². The lowest BCUT2D eigenvalue weighted by Gasteiger charge is -2.53. The van der Waals surface area contributed by atoms with Gasteiger partial charge in [-0.2, -0.15) is 13.2 Å². The predicted octanol–water partition coefficient (Wildman–Crippen LogP) is 2.74. The quantitative estimate of drug-likeness (QED) is 0.718. The summed E-state index contributed by atoms with van der Waals surface area (Å²) in [5, 5.41) is 0. The molecule has 0 aromatic carbocycles. The fourth-order valence-corrected chi connectivity index (χ4v) is 2.24. The lowest BCUT2D eigenvalue weighted by atomic mass is 9.54. The number of halogens is 4. The van der Waals surface area contributed by atoms with Gasteiger partial charge in [0.1, 0.15) is 0 Å². The van der Waals surface area contributed by atoms with Crippen LogP contribution in [0, 0.1) is 10.8 Å². The number of alkyl halides is 3. The summed E-state index contributed by atoms with van der Waals surface area (Å²) in [7, 11) is 0. The highest BCUT2D eigenvalue weighted by Crippen LogP contribution is 2.60. The van der Waals surface area contributed by atoms with Crippen molar-refractivity contribution in [1.29, 1.82) is 0 Å². The van der Waals surface area contributed by atoms with E-state index in [9.17, 15) is 13.2 Å². The van der Waals surface area contributed by atoms with Crippen LogP contribution in [0.5, 0.6) is 0 Å². The number of rotatable bonds is 1. The summed E-state index contributed by atoms with van der Waals surface area (Å²) in [4.78, 5) is 0. The molecule has 0 aromatic rings. The summed E-state index contributed by atoms with van der Waals surface area (Å²) in [6, 6.07) is 0. The van der Waals surface area contributed by atoms with E-state index in [2.05, 4.69) is 0 Å². The molecule has 0 atom stereocenters. The van der Waals surface area contributed by atoms with Crippen LogP contribution in [0.3, 0.4) is 0 Å². The van der Waals surface area contributed by atoms with Crippen LogP contribution in [0.25, 0.3) is 0 Å². The van der Waals surface area contributed by atoms with Crippen LogP contribution in [0.2, 0.25) is 0 Å². The second-order valence-corrected chi connectivity index (χ2v) is 4.50. The maximum absolute atomic E-state index is 12.4. The van der Waals surface area contributed by atoms with Crippen molar-refractivity contribution < 1.29 is 13.2 Å². The van der Waals surface area contributed by atoms with E-state index < -0.39 is 11.6 Å². The van der Waals surface area contributed by atoms with Gasteiger partial charge in [-0.1, -0.05) is 13.8 Å². The molecule has 0 heterocycles. The van der Waals surface area contributed by atoms with Gasteiger partial charge in [0.25, 0.3) is 0 Å². The molecule has 80 valence electrons. The molecule has 0 amide bonds. The zero-order valence-electron chi connectivity index (χ0n) is 7.74. The highest BCUT2D eigenvalue weighted by molar-refractivity contribution is 5.85. The van der Waals surface area contributed by atoms with Gasteiger partial charge in [0.05, 0.1) is 5.41 Å². The summed E-state index contributed by atoms with van der Waals surface area (Å²) in [5.74, 6) is 0. The molecule has 0 saturated heterocycles. The Bertz CT molecular complexity index is 180. The molecule has 5 heteroatoms. The fraction of sp³-hybridized carbons (Fsp3) is 1.00. The van der Waals surface area contributed by atoms with Crippen LogP contribution < -0.4 is 5.73 Å². The Labute approximate surface area is 82.3 Å². The average Bonchev–Trinajstić information content (AvgIpc) is 1.78. The molecule has 1 saturated carbocycles. The van der Waals surface area contributed by atoms with Gasteiger partial charge >= 0.3 is 6.18 Å². The Morgan fingerprint density at radius 3 is 1.69 bits per heavy atom. The summed E-state index contributed by atoms with van der Waals surface area (Å²) in [5.41, 5.74) is 3.38. The molecule has 1 aliphatic carbocycles. The Morgan fingerprint density at radius 1 is 1.23 bits per heavy atom. The van der Waals surface area contributed by atoms with Crippen LogP contribution in [-0.2, 0) is 0 Å². The minimum atomic E-state index is -4.13. The van der Waals surface area contributed by atoms with Crippen LogP contribution in [-0.4, -0.2) is 12.7 Å². The molecule has 1 aliphatic rings. The van der Waals surface area contributed by atoms with Gasteiger partial charge in [0, 0.05) is 6.54 Å². The topological polar surface area (TPSA) is 26.0 Å². The van der Waals surface area contributed by atoms with Gasteiger partial charge < -0.3 is 5.73 Å². The first-order valence-corrected chi connectivity index (χ1v) is 3.99. The van der Waals surface area contributed by atoms with Crippen LogP contribution in [0.4, 0.5) is 13.2 Å². The second-order valence-electron chi connectivity index (χ2n) is 4.50. The van der Waals surface area contributed by atoms with Gasteiger partial charge in [-0.3, -0.25) is 0 Å². The van der Waals surface area contributed by atoms with E-state index in [4.69, 9.17) is 5.73 Å². The summed E-state index contributed by atoms with van der Waals surface area (Å²) in [6.07, 6.45) is -3.79. The third-order valence-corrected chi connectivity index (χ3v) is 2.63. The molecule has 0 spiro atoms. The van der Waals surface area contributed by atoms with Gasteiger partial charge in [-0.25, -0.2) is 0 Å². The van der Waals surface area contributed by atoms with Gasteiger partial charge in [-0.05, 0) is 18.3 Å². The average molecular weight is 218 g/mol. The van der Waals surface area contributed by atoms with Gasteiger partial charge in [0.15, 0.2) is 0 Å². The molecule has 1 fully saturated rings. The van der Waals surface area contributed by atoms with Crippen molar-refractivity contribution in [2.75, 3.05) is 6.54 Å². The van der Waals surface area contributed by atoms with E-state index in [1.54, 1.807) is 0 Å². The molecule has 2 N–H and O–H groups in total. The zero-order chi connectivity index (χ0) is 9.62. The summed E-state index contributed by atoms with van der Waals surface area (Å²) in [6.45, 7) is 3.40. The standard InChI is InChI=1S/C8H14F3N.ClH/c1-6(2)3-7(4-6,5-12)8(9,10)11;/h3-5,12H2,1-2H3;1H. The van der Waals surface area contributed by atoms with Crippen LogP contribution >= 0.6 is 12.4 Å². The van der Waals surface area contributed by atoms with Crippen molar-refractivity contribution in [1.82, 2.24) is 0 Å². The molecule has 0 bridgehead atoms. The molecule has 0 aliphatic heterocycles. The molecule has 1 rings (SSSR count). The Morgan fingerprint density at radius 2 is 1.62 bits per heavy atom. The highest BCUT2D eigenvalue weighted by atomic mass is 35.5. The van der Waals surface area contributed by atoms with Crippen molar-refractivity contribution >= 4 is 12.4 Å². The van der Waals surface area contributed by atoms with Crippen molar-refractivity contribution in [2.45, 2.75) is 32.9 Å². The third-order valence-electron chi connectivity index (χ3n) is 2.63. The maximum atomic E-state index is 12.4. The monoisotopic (exact) mass is 217 g/mol. The van der Waals surface area contributed by atoms with E-state index in [0.29, 0.717) is 0 Å². The normalized spacial score (nSPS) is 24.5. The lowest BCUT2D eigenvalue weighted by molar-refractivity contribution is -0.273. The largest absolute Gasteiger partial charge is 0.395 e. The van der Waals surface area contributed by atoms with Crippen molar-refractivity contribution in [3.8, 4) is 0 Å². The minimum Gasteiger partial charge on any atom is -0.330 e. The molecule has 0 unspecified atom stereocenters. The molecule has 0 aromatic heterocycles. The van der Waals surface area contributed by atoms with E-state index in [1.165, 1.54) is 0 Å². The number of hydrogen-bond donors (Lipinski definition) is 1. The van der Waals surface area contributed by atoms with Gasteiger partial charge in [0.2, 0.25) is 0 Å². The fourth-order valence-electron chi connectivity index (χ4n) is 2.24. The first-order chi connectivity index (χ1) is 5.22. The molecular weight excluding hydrogens is 203 g/mol. The lowest BCUT2D eigenvalue weighted by Crippen LogP contribution is -2.56. The Kier molecular flexibility index (Phi) is 3.33. The number of nitrogens with two attached hydrogens (primary N) is 1. The predicted molar refractivity (Wildman–Crippen MR) is 47.8 cm³/mol. The summed E-state index contributed by atoms with van der Waals surface area (Å²) >= 11 is 0. The number of hydrogen-bond acceptors (Lipinski definition) is 1. The maximum Gasteiger partial charge on any atom is 0.395 e. The summed E-state index contributed by atoms with van der Waals surface area (Å²) < 4.78 is 37.3. The van der Waals surface area contributed by atoms with Crippen molar-refractivity contribution in [3.63, 3.8) is 0 Å². The SMILES string of the molecule is CC1(C)CC(CN)(C(F)(F)F)C1.Cl. The highest BCUT2D eigenvalue weighted by Gasteiger charge is 2.63. The molecular formula is C8H15ClF3N. The first-order valence-electron chi connectivity index (χ1n) is 3.99. The molecule has 0 radical (unpaired) electrons. The molecule has 13 heavy (non-hydrogen) atoms. The van der Waals surface area contributed by atoms with Crippen LogP contribution in [0.15, 0.2) is 0 Å². The second kappa shape index (κ2) is 3.31.